The molecular formula is C15H19N3OS. The summed E-state index contributed by atoms with van der Waals surface area (Å²) in [6, 6.07) is 9.99. The Morgan fingerprint density at radius 2 is 2.05 bits per heavy atom. The zero-order valence-electron chi connectivity index (χ0n) is 12.0. The molecule has 0 saturated carbocycles. The number of carbonyl (C=O) groups is 1. The average molecular weight is 289 g/mol. The van der Waals surface area contributed by atoms with Crippen molar-refractivity contribution in [3.8, 4) is 0 Å². The number of amides is 1. The molecule has 0 atom stereocenters. The molecule has 1 aromatic heterocycles. The van der Waals surface area contributed by atoms with Gasteiger partial charge in [0, 0.05) is 18.0 Å². The normalized spacial score (nSPS) is 10.6. The number of nitrogens with zero attached hydrogens (tertiary/aromatic N) is 2. The zero-order valence-corrected chi connectivity index (χ0v) is 12.8. The van der Waals surface area contributed by atoms with Crippen molar-refractivity contribution in [1.29, 1.82) is 0 Å². The van der Waals surface area contributed by atoms with Gasteiger partial charge in [0.1, 0.15) is 5.82 Å². The number of rotatable bonds is 5. The number of nitrogens with one attached hydrogen (secondary N) is 1. The lowest BCUT2D eigenvalue weighted by Crippen LogP contribution is -2.16. The topological polar surface area (TPSA) is 46.9 Å². The zero-order chi connectivity index (χ0) is 14.5. The Morgan fingerprint density at radius 3 is 2.60 bits per heavy atom. The van der Waals surface area contributed by atoms with Gasteiger partial charge in [-0.2, -0.15) is 5.10 Å². The first-order chi connectivity index (χ1) is 9.58. The lowest BCUT2D eigenvalue weighted by atomic mass is 10.1. The fourth-order valence-electron chi connectivity index (χ4n) is 1.97. The monoisotopic (exact) mass is 289 g/mol. The van der Waals surface area contributed by atoms with Gasteiger partial charge >= 0.3 is 0 Å². The molecule has 0 aliphatic carbocycles. The summed E-state index contributed by atoms with van der Waals surface area (Å²) in [5.74, 6) is 1.76. The highest BCUT2D eigenvalue weighted by Gasteiger charge is 2.08. The number of hydrogen-bond donors (Lipinski definition) is 1. The van der Waals surface area contributed by atoms with Crippen molar-refractivity contribution < 1.29 is 4.79 Å². The summed E-state index contributed by atoms with van der Waals surface area (Å²) in [5.41, 5.74) is 1.91. The lowest BCUT2D eigenvalue weighted by Gasteiger charge is -2.06. The molecule has 0 radical (unpaired) electrons. The Balaban J connectivity index is 1.95. The van der Waals surface area contributed by atoms with Crippen LogP contribution in [0, 0.1) is 6.92 Å². The van der Waals surface area contributed by atoms with Crippen molar-refractivity contribution in [3.05, 3.63) is 41.6 Å². The fraction of sp³-hybridized carbons (Fsp3) is 0.333. The average Bonchev–Trinajstić information content (AvgIpc) is 2.70. The minimum Gasteiger partial charge on any atom is -0.311 e. The van der Waals surface area contributed by atoms with E-state index in [1.807, 2.05) is 32.2 Å². The standard InChI is InChI=1S/C15H19N3OS/c1-4-20-13-7-5-12(6-8-13)10-15(19)16-14-9-11(2)17-18(14)3/h5-9H,4,10H2,1-3H3,(H,16,19). The number of carbonyl (C=O) groups excluding carboxylic acids is 1. The molecule has 4 nitrogen and oxygen atoms in total. The van der Waals surface area contributed by atoms with E-state index in [1.54, 1.807) is 16.4 Å². The summed E-state index contributed by atoms with van der Waals surface area (Å²) in [5, 5.41) is 7.08. The minimum atomic E-state index is -0.0242. The predicted octanol–water partition coefficient (Wildman–Crippen LogP) is 3.02. The first-order valence-electron chi connectivity index (χ1n) is 6.60. The summed E-state index contributed by atoms with van der Waals surface area (Å²) < 4.78 is 1.67. The largest absolute Gasteiger partial charge is 0.311 e. The van der Waals surface area contributed by atoms with Gasteiger partial charge in [0.25, 0.3) is 0 Å². The van der Waals surface area contributed by atoms with Crippen molar-refractivity contribution in [1.82, 2.24) is 9.78 Å². The van der Waals surface area contributed by atoms with E-state index in [1.165, 1.54) is 4.90 Å². The molecular weight excluding hydrogens is 270 g/mol. The van der Waals surface area contributed by atoms with Crippen LogP contribution in [0.4, 0.5) is 5.82 Å². The fourth-order valence-corrected chi connectivity index (χ4v) is 2.63. The smallest absolute Gasteiger partial charge is 0.229 e. The Hall–Kier alpha value is -1.75. The Labute approximate surface area is 123 Å². The van der Waals surface area contributed by atoms with Crippen LogP contribution in [0.2, 0.25) is 0 Å². The highest BCUT2D eigenvalue weighted by molar-refractivity contribution is 7.99. The Morgan fingerprint density at radius 1 is 1.35 bits per heavy atom. The van der Waals surface area contributed by atoms with Gasteiger partial charge in [-0.05, 0) is 30.4 Å². The maximum Gasteiger partial charge on any atom is 0.229 e. The van der Waals surface area contributed by atoms with Gasteiger partial charge in [-0.25, -0.2) is 0 Å². The van der Waals surface area contributed by atoms with E-state index in [-0.39, 0.29) is 5.91 Å². The van der Waals surface area contributed by atoms with E-state index in [4.69, 9.17) is 0 Å². The van der Waals surface area contributed by atoms with Crippen LogP contribution in [0.5, 0.6) is 0 Å². The van der Waals surface area contributed by atoms with Crippen LogP contribution >= 0.6 is 11.8 Å². The summed E-state index contributed by atoms with van der Waals surface area (Å²) >= 11 is 1.80. The summed E-state index contributed by atoms with van der Waals surface area (Å²) in [6.07, 6.45) is 0.376. The number of aryl methyl sites for hydroxylation is 2. The van der Waals surface area contributed by atoms with E-state index in [0.29, 0.717) is 6.42 Å². The maximum atomic E-state index is 12.0. The first kappa shape index (κ1) is 14.7. The van der Waals surface area contributed by atoms with Crippen LogP contribution in [0.25, 0.3) is 0 Å². The molecule has 0 fully saturated rings. The number of hydrogen-bond acceptors (Lipinski definition) is 3. The molecule has 2 rings (SSSR count). The number of aromatic nitrogens is 2. The molecule has 106 valence electrons. The molecule has 0 spiro atoms. The second-order valence-electron chi connectivity index (χ2n) is 4.60. The van der Waals surface area contributed by atoms with Crippen LogP contribution in [0.15, 0.2) is 35.2 Å². The number of thioether (sulfide) groups is 1. The Kier molecular flexibility index (Phi) is 4.84. The lowest BCUT2D eigenvalue weighted by molar-refractivity contribution is -0.115. The first-order valence-corrected chi connectivity index (χ1v) is 7.59. The maximum absolute atomic E-state index is 12.0. The summed E-state index contributed by atoms with van der Waals surface area (Å²) in [7, 11) is 1.82. The molecule has 0 unspecified atom stereocenters. The third kappa shape index (κ3) is 3.87. The van der Waals surface area contributed by atoms with E-state index >= 15 is 0 Å². The second kappa shape index (κ2) is 6.61. The summed E-state index contributed by atoms with van der Waals surface area (Å²) in [6.45, 7) is 4.03. The molecule has 20 heavy (non-hydrogen) atoms. The quantitative estimate of drug-likeness (QED) is 0.861. The van der Waals surface area contributed by atoms with Gasteiger partial charge in [0.2, 0.25) is 5.91 Å². The van der Waals surface area contributed by atoms with Gasteiger partial charge in [-0.15, -0.1) is 11.8 Å². The third-order valence-corrected chi connectivity index (χ3v) is 3.76. The van der Waals surface area contributed by atoms with Crippen molar-refractivity contribution >= 4 is 23.5 Å². The van der Waals surface area contributed by atoms with Crippen molar-refractivity contribution in [2.45, 2.75) is 25.2 Å². The van der Waals surface area contributed by atoms with E-state index in [2.05, 4.69) is 29.5 Å². The molecule has 1 aromatic carbocycles. The molecule has 1 amide bonds. The molecule has 0 aliphatic rings. The molecule has 5 heteroatoms. The molecule has 1 N–H and O–H groups in total. The van der Waals surface area contributed by atoms with Gasteiger partial charge in [0.05, 0.1) is 12.1 Å². The van der Waals surface area contributed by atoms with Gasteiger partial charge in [-0.3, -0.25) is 9.48 Å². The second-order valence-corrected chi connectivity index (χ2v) is 5.93. The highest BCUT2D eigenvalue weighted by atomic mass is 32.2. The van der Waals surface area contributed by atoms with Gasteiger partial charge < -0.3 is 5.32 Å². The Bertz CT molecular complexity index is 590. The highest BCUT2D eigenvalue weighted by Crippen LogP contribution is 2.18. The van der Waals surface area contributed by atoms with Gasteiger partial charge in [0.15, 0.2) is 0 Å². The molecule has 2 aromatic rings. The van der Waals surface area contributed by atoms with Crippen LogP contribution < -0.4 is 5.32 Å². The van der Waals surface area contributed by atoms with Crippen molar-refractivity contribution in [2.24, 2.45) is 7.05 Å². The number of benzene rings is 1. The van der Waals surface area contributed by atoms with Crippen LogP contribution in [-0.4, -0.2) is 21.4 Å². The molecule has 1 heterocycles. The predicted molar refractivity (Wildman–Crippen MR) is 83.1 cm³/mol. The molecule has 0 saturated heterocycles. The van der Waals surface area contributed by atoms with Gasteiger partial charge in [-0.1, -0.05) is 19.1 Å². The summed E-state index contributed by atoms with van der Waals surface area (Å²) in [4.78, 5) is 13.2. The van der Waals surface area contributed by atoms with Crippen molar-refractivity contribution in [2.75, 3.05) is 11.1 Å². The van der Waals surface area contributed by atoms with Crippen molar-refractivity contribution in [3.63, 3.8) is 0 Å². The molecule has 0 bridgehead atoms. The van der Waals surface area contributed by atoms with E-state index in [9.17, 15) is 4.79 Å². The van der Waals surface area contributed by atoms with Crippen LogP contribution in [-0.2, 0) is 18.3 Å². The minimum absolute atomic E-state index is 0.0242. The number of anilines is 1. The van der Waals surface area contributed by atoms with E-state index in [0.717, 1.165) is 22.8 Å². The van der Waals surface area contributed by atoms with E-state index < -0.39 is 0 Å². The molecule has 0 aliphatic heterocycles. The van der Waals surface area contributed by atoms with Crippen LogP contribution in [0.3, 0.4) is 0 Å². The third-order valence-electron chi connectivity index (χ3n) is 2.87. The van der Waals surface area contributed by atoms with Crippen LogP contribution in [0.1, 0.15) is 18.2 Å². The SMILES string of the molecule is CCSc1ccc(CC(=O)Nc2cc(C)nn2C)cc1.